The average molecular weight is 250 g/mol. The summed E-state index contributed by atoms with van der Waals surface area (Å²) < 4.78 is 5.15. The quantitative estimate of drug-likeness (QED) is 0.554. The summed E-state index contributed by atoms with van der Waals surface area (Å²) >= 11 is 0. The van der Waals surface area contributed by atoms with Crippen molar-refractivity contribution in [3.05, 3.63) is 12.7 Å². The van der Waals surface area contributed by atoms with E-state index in [4.69, 9.17) is 4.74 Å². The molecule has 0 amide bonds. The Balaban J connectivity index is 1.73. The van der Waals surface area contributed by atoms with Crippen LogP contribution in [0.1, 0.15) is 57.8 Å². The molecule has 0 heterocycles. The van der Waals surface area contributed by atoms with E-state index < -0.39 is 0 Å². The van der Waals surface area contributed by atoms with Crippen LogP contribution in [0.2, 0.25) is 0 Å². The third kappa shape index (κ3) is 3.60. The van der Waals surface area contributed by atoms with Crippen LogP contribution < -0.4 is 0 Å². The Morgan fingerprint density at radius 1 is 1.00 bits per heavy atom. The molecule has 0 radical (unpaired) electrons. The monoisotopic (exact) mass is 250 g/mol. The number of carbonyl (C=O) groups excluding carboxylic acids is 1. The lowest BCUT2D eigenvalue weighted by Gasteiger charge is -2.35. The fourth-order valence-corrected chi connectivity index (χ4v) is 3.69. The molecule has 2 aliphatic carbocycles. The van der Waals surface area contributed by atoms with Gasteiger partial charge in [-0.25, -0.2) is 0 Å². The number of hydrogen-bond donors (Lipinski definition) is 0. The second kappa shape index (κ2) is 6.96. The lowest BCUT2D eigenvalue weighted by molar-refractivity contribution is -0.148. The maximum absolute atomic E-state index is 11.8. The Labute approximate surface area is 111 Å². The highest BCUT2D eigenvalue weighted by atomic mass is 16.5. The van der Waals surface area contributed by atoms with Crippen molar-refractivity contribution in [3.63, 3.8) is 0 Å². The van der Waals surface area contributed by atoms with Gasteiger partial charge < -0.3 is 4.74 Å². The molecule has 0 spiro atoms. The van der Waals surface area contributed by atoms with Crippen molar-refractivity contribution in [1.82, 2.24) is 0 Å². The molecule has 2 nitrogen and oxygen atoms in total. The molecular weight excluding hydrogens is 224 g/mol. The summed E-state index contributed by atoms with van der Waals surface area (Å²) in [4.78, 5) is 11.8. The zero-order valence-electron chi connectivity index (χ0n) is 11.4. The first kappa shape index (κ1) is 13.6. The van der Waals surface area contributed by atoms with Gasteiger partial charge in [0.15, 0.2) is 0 Å². The van der Waals surface area contributed by atoms with E-state index in [1.165, 1.54) is 44.9 Å². The van der Waals surface area contributed by atoms with E-state index in [1.54, 1.807) is 6.08 Å². The van der Waals surface area contributed by atoms with Gasteiger partial charge >= 0.3 is 5.97 Å². The molecule has 2 aliphatic rings. The summed E-state index contributed by atoms with van der Waals surface area (Å²) in [7, 11) is 0. The largest absolute Gasteiger partial charge is 0.461 e. The van der Waals surface area contributed by atoms with Crippen LogP contribution in [0.4, 0.5) is 0 Å². The van der Waals surface area contributed by atoms with E-state index >= 15 is 0 Å². The summed E-state index contributed by atoms with van der Waals surface area (Å²) in [6.07, 6.45) is 13.3. The Morgan fingerprint density at radius 2 is 1.61 bits per heavy atom. The van der Waals surface area contributed by atoms with E-state index in [9.17, 15) is 4.79 Å². The molecular formula is C16H26O2. The first-order chi connectivity index (χ1) is 8.81. The van der Waals surface area contributed by atoms with Crippen molar-refractivity contribution >= 4 is 5.97 Å². The lowest BCUT2D eigenvalue weighted by atomic mass is 9.71. The molecule has 0 aromatic heterocycles. The molecule has 0 unspecified atom stereocenters. The van der Waals surface area contributed by atoms with E-state index in [0.717, 1.165) is 24.7 Å². The van der Waals surface area contributed by atoms with Crippen molar-refractivity contribution in [2.24, 2.45) is 17.8 Å². The predicted octanol–water partition coefficient (Wildman–Crippen LogP) is 4.10. The van der Waals surface area contributed by atoms with Crippen LogP contribution in [0.5, 0.6) is 0 Å². The van der Waals surface area contributed by atoms with Gasteiger partial charge in [0.05, 0.1) is 5.92 Å². The second-order valence-corrected chi connectivity index (χ2v) is 5.93. The zero-order valence-corrected chi connectivity index (χ0v) is 11.4. The molecule has 102 valence electrons. The summed E-state index contributed by atoms with van der Waals surface area (Å²) in [5.41, 5.74) is 0. The lowest BCUT2D eigenvalue weighted by Crippen LogP contribution is -2.28. The number of ether oxygens (including phenoxy) is 1. The van der Waals surface area contributed by atoms with Crippen LogP contribution in [0, 0.1) is 17.8 Å². The standard InChI is InChI=1S/C16H26O2/c1-2-12-18-16(17)15-10-8-14(9-11-15)13-6-4-3-5-7-13/h2,13-15H,1,3-12H2. The van der Waals surface area contributed by atoms with Crippen molar-refractivity contribution in [2.75, 3.05) is 6.61 Å². The summed E-state index contributed by atoms with van der Waals surface area (Å²) in [6.45, 7) is 3.94. The van der Waals surface area contributed by atoms with Gasteiger partial charge in [0.1, 0.15) is 6.61 Å². The predicted molar refractivity (Wildman–Crippen MR) is 73.2 cm³/mol. The molecule has 0 aromatic carbocycles. The van der Waals surface area contributed by atoms with Crippen molar-refractivity contribution in [3.8, 4) is 0 Å². The zero-order chi connectivity index (χ0) is 12.8. The van der Waals surface area contributed by atoms with Gasteiger partial charge in [0.25, 0.3) is 0 Å². The fourth-order valence-electron chi connectivity index (χ4n) is 3.69. The molecule has 0 aliphatic heterocycles. The summed E-state index contributed by atoms with van der Waals surface area (Å²) in [6, 6.07) is 0. The highest BCUT2D eigenvalue weighted by molar-refractivity contribution is 5.72. The van der Waals surface area contributed by atoms with Crippen LogP contribution >= 0.6 is 0 Å². The van der Waals surface area contributed by atoms with Crippen LogP contribution in [-0.4, -0.2) is 12.6 Å². The average Bonchev–Trinajstić information content (AvgIpc) is 2.46. The normalized spacial score (nSPS) is 29.8. The van der Waals surface area contributed by atoms with E-state index in [1.807, 2.05) is 0 Å². The number of esters is 1. The first-order valence-corrected chi connectivity index (χ1v) is 7.58. The van der Waals surface area contributed by atoms with Gasteiger partial charge in [0.2, 0.25) is 0 Å². The Hall–Kier alpha value is -0.790. The third-order valence-electron chi connectivity index (χ3n) is 4.77. The third-order valence-corrected chi connectivity index (χ3v) is 4.77. The van der Waals surface area contributed by atoms with Crippen molar-refractivity contribution < 1.29 is 9.53 Å². The van der Waals surface area contributed by atoms with Gasteiger partial charge in [-0.15, -0.1) is 0 Å². The number of carbonyl (C=O) groups is 1. The Morgan fingerprint density at radius 3 is 2.22 bits per heavy atom. The molecule has 0 atom stereocenters. The van der Waals surface area contributed by atoms with Crippen molar-refractivity contribution in [2.45, 2.75) is 57.8 Å². The molecule has 2 heteroatoms. The van der Waals surface area contributed by atoms with Gasteiger partial charge in [0, 0.05) is 0 Å². The smallest absolute Gasteiger partial charge is 0.309 e. The Bertz CT molecular complexity index is 271. The first-order valence-electron chi connectivity index (χ1n) is 7.58. The highest BCUT2D eigenvalue weighted by Crippen LogP contribution is 2.40. The molecule has 0 saturated heterocycles. The summed E-state index contributed by atoms with van der Waals surface area (Å²) in [5.74, 6) is 1.99. The second-order valence-electron chi connectivity index (χ2n) is 5.93. The molecule has 2 rings (SSSR count). The molecule has 18 heavy (non-hydrogen) atoms. The van der Waals surface area contributed by atoms with Crippen molar-refractivity contribution in [1.29, 1.82) is 0 Å². The minimum atomic E-state index is -0.00278. The van der Waals surface area contributed by atoms with E-state index in [0.29, 0.717) is 6.61 Å². The molecule has 0 bridgehead atoms. The van der Waals surface area contributed by atoms with Crippen LogP contribution in [0.25, 0.3) is 0 Å². The maximum Gasteiger partial charge on any atom is 0.309 e. The topological polar surface area (TPSA) is 26.3 Å². The molecule has 2 fully saturated rings. The van der Waals surface area contributed by atoms with Gasteiger partial charge in [-0.2, -0.15) is 0 Å². The summed E-state index contributed by atoms with van der Waals surface area (Å²) in [5, 5.41) is 0. The van der Waals surface area contributed by atoms with E-state index in [-0.39, 0.29) is 11.9 Å². The highest BCUT2D eigenvalue weighted by Gasteiger charge is 2.31. The van der Waals surface area contributed by atoms with Crippen LogP contribution in [-0.2, 0) is 9.53 Å². The minimum Gasteiger partial charge on any atom is -0.461 e. The van der Waals surface area contributed by atoms with Crippen LogP contribution in [0.3, 0.4) is 0 Å². The van der Waals surface area contributed by atoms with Gasteiger partial charge in [-0.1, -0.05) is 44.8 Å². The SMILES string of the molecule is C=CCOC(=O)C1CCC(C2CCCCC2)CC1. The van der Waals surface area contributed by atoms with E-state index in [2.05, 4.69) is 6.58 Å². The minimum absolute atomic E-state index is 0.00278. The number of rotatable bonds is 4. The van der Waals surface area contributed by atoms with Gasteiger partial charge in [-0.3, -0.25) is 4.79 Å². The van der Waals surface area contributed by atoms with Gasteiger partial charge in [-0.05, 0) is 37.5 Å². The maximum atomic E-state index is 11.8. The molecule has 2 saturated carbocycles. The molecule has 0 N–H and O–H groups in total. The Kier molecular flexibility index (Phi) is 5.27. The molecule has 0 aromatic rings. The fraction of sp³-hybridized carbons (Fsp3) is 0.812. The van der Waals surface area contributed by atoms with Crippen LogP contribution in [0.15, 0.2) is 12.7 Å². The number of hydrogen-bond acceptors (Lipinski definition) is 2.